The fraction of sp³-hybridized carbons (Fsp3) is 0.250. The third kappa shape index (κ3) is 3.57. The van der Waals surface area contributed by atoms with Crippen LogP contribution in [0.4, 0.5) is 5.00 Å². The molecule has 0 radical (unpaired) electrons. The zero-order valence-corrected chi connectivity index (χ0v) is 15.7. The first kappa shape index (κ1) is 18.1. The van der Waals surface area contributed by atoms with Gasteiger partial charge in [-0.3, -0.25) is 14.8 Å². The van der Waals surface area contributed by atoms with Crippen LogP contribution in [0.2, 0.25) is 0 Å². The number of carbonyl (C=O) groups is 2. The molecule has 0 saturated carbocycles. The summed E-state index contributed by atoms with van der Waals surface area (Å²) >= 11 is 1.44. The minimum absolute atomic E-state index is 0.296. The predicted molar refractivity (Wildman–Crippen MR) is 104 cm³/mol. The lowest BCUT2D eigenvalue weighted by Crippen LogP contribution is -2.21. The van der Waals surface area contributed by atoms with E-state index in [9.17, 15) is 14.9 Å². The average Bonchev–Trinajstić information content (AvgIpc) is 3.08. The van der Waals surface area contributed by atoms with Gasteiger partial charge in [0.25, 0.3) is 5.91 Å². The predicted octanol–water partition coefficient (Wildman–Crippen LogP) is 3.24. The molecule has 0 atom stereocenters. The maximum absolute atomic E-state index is 12.2. The highest BCUT2D eigenvalue weighted by Gasteiger charge is 2.22. The molecular formula is C20H16N4O3S. The number of thiophene rings is 1. The van der Waals surface area contributed by atoms with Crippen LogP contribution in [0, 0.1) is 11.3 Å². The van der Waals surface area contributed by atoms with E-state index in [0.29, 0.717) is 27.2 Å². The molecular weight excluding hydrogens is 376 g/mol. The SMILES string of the molecule is N#Cc1c(NC(=O)COC(=O)c2ccc3nccnc3c2)sc2c1CCCC2. The highest BCUT2D eigenvalue weighted by atomic mass is 32.1. The molecule has 0 aliphatic heterocycles. The monoisotopic (exact) mass is 392 g/mol. The highest BCUT2D eigenvalue weighted by Crippen LogP contribution is 2.37. The Kier molecular flexibility index (Phi) is 5.00. The van der Waals surface area contributed by atoms with Gasteiger partial charge < -0.3 is 10.1 Å². The molecule has 1 amide bonds. The summed E-state index contributed by atoms with van der Waals surface area (Å²) in [6.07, 6.45) is 7.06. The van der Waals surface area contributed by atoms with Crippen molar-refractivity contribution < 1.29 is 14.3 Å². The molecule has 2 heterocycles. The summed E-state index contributed by atoms with van der Waals surface area (Å²) < 4.78 is 5.11. The number of nitrogens with one attached hydrogen (secondary N) is 1. The van der Waals surface area contributed by atoms with Crippen molar-refractivity contribution in [3.63, 3.8) is 0 Å². The van der Waals surface area contributed by atoms with Gasteiger partial charge in [-0.25, -0.2) is 4.79 Å². The van der Waals surface area contributed by atoms with E-state index in [2.05, 4.69) is 21.4 Å². The van der Waals surface area contributed by atoms with E-state index in [4.69, 9.17) is 4.74 Å². The van der Waals surface area contributed by atoms with Crippen LogP contribution in [0.15, 0.2) is 30.6 Å². The number of aromatic nitrogens is 2. The quantitative estimate of drug-likeness (QED) is 0.684. The Morgan fingerprint density at radius 3 is 2.79 bits per heavy atom. The van der Waals surface area contributed by atoms with Crippen molar-refractivity contribution in [3.8, 4) is 6.07 Å². The summed E-state index contributed by atoms with van der Waals surface area (Å²) in [5, 5.41) is 12.7. The van der Waals surface area contributed by atoms with Crippen LogP contribution in [-0.2, 0) is 22.4 Å². The van der Waals surface area contributed by atoms with E-state index in [1.807, 2.05) is 0 Å². The summed E-state index contributed by atoms with van der Waals surface area (Å²) in [5.41, 5.74) is 3.12. The second-order valence-corrected chi connectivity index (χ2v) is 7.52. The summed E-state index contributed by atoms with van der Waals surface area (Å²) in [6.45, 7) is -0.426. The van der Waals surface area contributed by atoms with Gasteiger partial charge in [-0.05, 0) is 49.4 Å². The van der Waals surface area contributed by atoms with Crippen molar-refractivity contribution in [2.75, 3.05) is 11.9 Å². The topological polar surface area (TPSA) is 105 Å². The summed E-state index contributed by atoms with van der Waals surface area (Å²) in [5.74, 6) is -1.09. The van der Waals surface area contributed by atoms with Gasteiger partial charge in [0.05, 0.1) is 22.2 Å². The van der Waals surface area contributed by atoms with Crippen LogP contribution in [-0.4, -0.2) is 28.5 Å². The number of aryl methyl sites for hydroxylation is 1. The molecule has 0 bridgehead atoms. The van der Waals surface area contributed by atoms with Gasteiger partial charge >= 0.3 is 5.97 Å². The number of hydrogen-bond acceptors (Lipinski definition) is 7. The van der Waals surface area contributed by atoms with Crippen molar-refractivity contribution in [2.45, 2.75) is 25.7 Å². The molecule has 3 aromatic rings. The van der Waals surface area contributed by atoms with E-state index in [1.54, 1.807) is 24.4 Å². The molecule has 1 aromatic carbocycles. The molecule has 1 aliphatic rings. The maximum atomic E-state index is 12.2. The minimum atomic E-state index is -0.617. The molecule has 0 saturated heterocycles. The number of esters is 1. The molecule has 0 fully saturated rings. The number of nitriles is 1. The fourth-order valence-electron chi connectivity index (χ4n) is 3.24. The first-order chi connectivity index (χ1) is 13.7. The molecule has 2 aromatic heterocycles. The molecule has 7 nitrogen and oxygen atoms in total. The first-order valence-corrected chi connectivity index (χ1v) is 9.70. The van der Waals surface area contributed by atoms with Gasteiger partial charge in [-0.2, -0.15) is 5.26 Å². The Morgan fingerprint density at radius 2 is 1.96 bits per heavy atom. The number of nitrogens with zero attached hydrogens (tertiary/aromatic N) is 3. The smallest absolute Gasteiger partial charge is 0.338 e. The van der Waals surface area contributed by atoms with E-state index in [0.717, 1.165) is 36.1 Å². The lowest BCUT2D eigenvalue weighted by atomic mass is 9.96. The van der Waals surface area contributed by atoms with Crippen LogP contribution in [0.3, 0.4) is 0 Å². The molecule has 140 valence electrons. The number of carbonyl (C=O) groups excluding carboxylic acids is 2. The van der Waals surface area contributed by atoms with Crippen LogP contribution < -0.4 is 5.32 Å². The van der Waals surface area contributed by atoms with Crippen LogP contribution in [0.5, 0.6) is 0 Å². The Morgan fingerprint density at radius 1 is 1.18 bits per heavy atom. The van der Waals surface area contributed by atoms with Crippen molar-refractivity contribution >= 4 is 39.2 Å². The lowest BCUT2D eigenvalue weighted by Gasteiger charge is -2.09. The number of amides is 1. The van der Waals surface area contributed by atoms with Crippen molar-refractivity contribution in [3.05, 3.63) is 52.2 Å². The number of fused-ring (bicyclic) bond motifs is 2. The minimum Gasteiger partial charge on any atom is -0.452 e. The van der Waals surface area contributed by atoms with Gasteiger partial charge in [-0.1, -0.05) is 0 Å². The summed E-state index contributed by atoms with van der Waals surface area (Å²) in [4.78, 5) is 33.9. The summed E-state index contributed by atoms with van der Waals surface area (Å²) in [7, 11) is 0. The van der Waals surface area contributed by atoms with Gasteiger partial charge in [0, 0.05) is 17.3 Å². The fourth-order valence-corrected chi connectivity index (χ4v) is 4.50. The lowest BCUT2D eigenvalue weighted by molar-refractivity contribution is -0.119. The highest BCUT2D eigenvalue weighted by molar-refractivity contribution is 7.16. The number of hydrogen-bond donors (Lipinski definition) is 1. The molecule has 8 heteroatoms. The van der Waals surface area contributed by atoms with Gasteiger partial charge in [0.1, 0.15) is 11.1 Å². The Hall–Kier alpha value is -3.31. The largest absolute Gasteiger partial charge is 0.452 e. The summed E-state index contributed by atoms with van der Waals surface area (Å²) in [6, 6.07) is 7.02. The Bertz CT molecular complexity index is 1120. The van der Waals surface area contributed by atoms with E-state index in [-0.39, 0.29) is 0 Å². The van der Waals surface area contributed by atoms with E-state index in [1.165, 1.54) is 17.5 Å². The molecule has 1 aliphatic carbocycles. The third-order valence-corrected chi connectivity index (χ3v) is 5.78. The van der Waals surface area contributed by atoms with E-state index < -0.39 is 18.5 Å². The van der Waals surface area contributed by atoms with Crippen LogP contribution in [0.1, 0.15) is 39.2 Å². The molecule has 0 unspecified atom stereocenters. The molecule has 0 spiro atoms. The van der Waals surface area contributed by atoms with Crippen LogP contribution >= 0.6 is 11.3 Å². The van der Waals surface area contributed by atoms with Gasteiger partial charge in [-0.15, -0.1) is 11.3 Å². The van der Waals surface area contributed by atoms with Crippen molar-refractivity contribution in [2.24, 2.45) is 0 Å². The molecule has 1 N–H and O–H groups in total. The Labute approximate surface area is 165 Å². The normalized spacial score (nSPS) is 12.8. The number of rotatable bonds is 4. The standard InChI is InChI=1S/C20H16N4O3S/c21-10-14-13-3-1-2-4-17(13)28-19(14)24-18(25)11-27-20(26)12-5-6-15-16(9-12)23-8-7-22-15/h5-9H,1-4,11H2,(H,24,25). The second-order valence-electron chi connectivity index (χ2n) is 6.41. The molecule has 4 rings (SSSR count). The van der Waals surface area contributed by atoms with E-state index >= 15 is 0 Å². The average molecular weight is 392 g/mol. The third-order valence-electron chi connectivity index (χ3n) is 4.58. The zero-order valence-electron chi connectivity index (χ0n) is 14.9. The van der Waals surface area contributed by atoms with Crippen LogP contribution in [0.25, 0.3) is 11.0 Å². The van der Waals surface area contributed by atoms with Gasteiger partial charge in [0.2, 0.25) is 0 Å². The Balaban J connectivity index is 1.41. The maximum Gasteiger partial charge on any atom is 0.338 e. The van der Waals surface area contributed by atoms with Gasteiger partial charge in [0.15, 0.2) is 6.61 Å². The van der Waals surface area contributed by atoms with Crippen molar-refractivity contribution in [1.82, 2.24) is 9.97 Å². The first-order valence-electron chi connectivity index (χ1n) is 8.88. The zero-order chi connectivity index (χ0) is 19.5. The number of benzene rings is 1. The number of ether oxygens (including phenoxy) is 1. The second kappa shape index (κ2) is 7.74. The number of anilines is 1. The molecule has 28 heavy (non-hydrogen) atoms. The van der Waals surface area contributed by atoms with Crippen molar-refractivity contribution in [1.29, 1.82) is 5.26 Å².